The van der Waals surface area contributed by atoms with Crippen molar-refractivity contribution in [2.45, 2.75) is 12.5 Å². The van der Waals surface area contributed by atoms with E-state index in [2.05, 4.69) is 4.74 Å². The maximum Gasteiger partial charge on any atom is 0.409 e. The van der Waals surface area contributed by atoms with Gasteiger partial charge in [-0.3, -0.25) is 4.79 Å². The molecule has 0 saturated carbocycles. The third-order valence-electron chi connectivity index (χ3n) is 3.39. The number of hydrogen-bond acceptors (Lipinski definition) is 5. The second-order valence-corrected chi connectivity index (χ2v) is 4.18. The van der Waals surface area contributed by atoms with Gasteiger partial charge in [-0.1, -0.05) is 0 Å². The zero-order valence-electron chi connectivity index (χ0n) is 9.09. The minimum absolute atomic E-state index is 0.0294. The van der Waals surface area contributed by atoms with Crippen molar-refractivity contribution in [1.29, 1.82) is 0 Å². The fourth-order valence-electron chi connectivity index (χ4n) is 2.56. The lowest BCUT2D eigenvalue weighted by atomic mass is 9.87. The Morgan fingerprint density at radius 2 is 2.44 bits per heavy atom. The Labute approximate surface area is 93.1 Å². The van der Waals surface area contributed by atoms with E-state index in [1.165, 1.54) is 12.0 Å². The molecule has 0 aromatic rings. The Hall–Kier alpha value is -1.30. The maximum absolute atomic E-state index is 11.5. The van der Waals surface area contributed by atoms with Gasteiger partial charge in [-0.25, -0.2) is 4.79 Å². The number of hydrogen-bond donors (Lipinski definition) is 1. The molecule has 0 spiro atoms. The van der Waals surface area contributed by atoms with Crippen molar-refractivity contribution in [2.75, 3.05) is 26.9 Å². The number of nitrogens with zero attached hydrogens (tertiary/aromatic N) is 1. The van der Waals surface area contributed by atoms with Crippen molar-refractivity contribution >= 4 is 12.1 Å². The van der Waals surface area contributed by atoms with Gasteiger partial charge in [0, 0.05) is 12.5 Å². The summed E-state index contributed by atoms with van der Waals surface area (Å²) in [6, 6.07) is -0.300. The molecule has 2 rings (SSSR count). The fraction of sp³-hybridized carbons (Fsp3) is 0.800. The topological polar surface area (TPSA) is 76.1 Å². The zero-order chi connectivity index (χ0) is 11.7. The van der Waals surface area contributed by atoms with Gasteiger partial charge in [0.05, 0.1) is 32.8 Å². The molecule has 2 heterocycles. The highest BCUT2D eigenvalue weighted by Crippen LogP contribution is 2.35. The van der Waals surface area contributed by atoms with E-state index in [-0.39, 0.29) is 37.1 Å². The van der Waals surface area contributed by atoms with Crippen LogP contribution in [0.25, 0.3) is 0 Å². The maximum atomic E-state index is 11.5. The van der Waals surface area contributed by atoms with Gasteiger partial charge >= 0.3 is 12.1 Å². The Balaban J connectivity index is 2.13. The summed E-state index contributed by atoms with van der Waals surface area (Å²) in [6.45, 7) is 0.605. The highest BCUT2D eigenvalue weighted by Gasteiger charge is 2.47. The molecule has 0 aliphatic carbocycles. The van der Waals surface area contributed by atoms with Gasteiger partial charge < -0.3 is 19.5 Å². The first kappa shape index (κ1) is 11.2. The van der Waals surface area contributed by atoms with Crippen LogP contribution in [0.3, 0.4) is 0 Å². The molecule has 6 heteroatoms. The van der Waals surface area contributed by atoms with Crippen molar-refractivity contribution in [2.24, 2.45) is 11.8 Å². The van der Waals surface area contributed by atoms with Gasteiger partial charge in [0.15, 0.2) is 0 Å². The van der Waals surface area contributed by atoms with Crippen LogP contribution in [0.5, 0.6) is 0 Å². The summed E-state index contributed by atoms with van der Waals surface area (Å²) < 4.78 is 9.61. The number of cyclic esters (lactones) is 1. The van der Waals surface area contributed by atoms with Gasteiger partial charge in [-0.2, -0.15) is 0 Å². The van der Waals surface area contributed by atoms with Gasteiger partial charge in [0.25, 0.3) is 0 Å². The number of carbonyl (C=O) groups excluding carboxylic acids is 2. The van der Waals surface area contributed by atoms with E-state index < -0.39 is 6.09 Å². The Bertz CT molecular complexity index is 306. The van der Waals surface area contributed by atoms with Crippen LogP contribution in [0.4, 0.5) is 4.79 Å². The van der Waals surface area contributed by atoms with Crippen LogP contribution in [0.15, 0.2) is 0 Å². The number of rotatable bonds is 1. The molecule has 2 fully saturated rings. The van der Waals surface area contributed by atoms with E-state index >= 15 is 0 Å². The molecule has 0 bridgehead atoms. The third-order valence-corrected chi connectivity index (χ3v) is 3.39. The SMILES string of the molecule is COC(=O)N1CC2CC(=O)OCC2C1CO. The standard InChI is InChI=1S/C10H15NO5/c1-15-10(14)11-3-6-2-9(13)16-5-7(6)8(11)4-12/h6-8,12H,2-5H2,1H3. The van der Waals surface area contributed by atoms with Crippen LogP contribution < -0.4 is 0 Å². The summed E-state index contributed by atoms with van der Waals surface area (Å²) >= 11 is 0. The number of esters is 1. The van der Waals surface area contributed by atoms with Crippen molar-refractivity contribution in [3.8, 4) is 0 Å². The first-order chi connectivity index (χ1) is 7.67. The average Bonchev–Trinajstić information content (AvgIpc) is 2.65. The third kappa shape index (κ3) is 1.73. The number of fused-ring (bicyclic) bond motifs is 1. The number of amides is 1. The smallest absolute Gasteiger partial charge is 0.409 e. The monoisotopic (exact) mass is 229 g/mol. The van der Waals surface area contributed by atoms with E-state index in [4.69, 9.17) is 4.74 Å². The highest BCUT2D eigenvalue weighted by molar-refractivity contribution is 5.72. The highest BCUT2D eigenvalue weighted by atomic mass is 16.5. The summed E-state index contributed by atoms with van der Waals surface area (Å²) in [5, 5.41) is 9.30. The molecule has 90 valence electrons. The number of ether oxygens (including phenoxy) is 2. The van der Waals surface area contributed by atoms with Gasteiger partial charge in [0.1, 0.15) is 0 Å². The van der Waals surface area contributed by atoms with Crippen molar-refractivity contribution in [1.82, 2.24) is 4.90 Å². The number of carbonyl (C=O) groups is 2. The van der Waals surface area contributed by atoms with Crippen LogP contribution in [-0.4, -0.2) is 55.0 Å². The fourth-order valence-corrected chi connectivity index (χ4v) is 2.56. The Morgan fingerprint density at radius 3 is 3.06 bits per heavy atom. The van der Waals surface area contributed by atoms with Crippen LogP contribution in [0.1, 0.15) is 6.42 Å². The minimum Gasteiger partial charge on any atom is -0.465 e. The lowest BCUT2D eigenvalue weighted by Crippen LogP contribution is -2.42. The van der Waals surface area contributed by atoms with E-state index in [1.807, 2.05) is 0 Å². The lowest BCUT2D eigenvalue weighted by molar-refractivity contribution is -0.152. The molecule has 6 nitrogen and oxygen atoms in total. The summed E-state index contributed by atoms with van der Waals surface area (Å²) in [7, 11) is 1.31. The van der Waals surface area contributed by atoms with Gasteiger partial charge in [-0.15, -0.1) is 0 Å². The quantitative estimate of drug-likeness (QED) is 0.620. The second-order valence-electron chi connectivity index (χ2n) is 4.18. The van der Waals surface area contributed by atoms with Crippen LogP contribution >= 0.6 is 0 Å². The molecule has 0 aromatic carbocycles. The van der Waals surface area contributed by atoms with E-state index in [0.717, 1.165) is 0 Å². The van der Waals surface area contributed by atoms with Crippen molar-refractivity contribution in [3.63, 3.8) is 0 Å². The average molecular weight is 229 g/mol. The molecule has 1 amide bonds. The minimum atomic E-state index is -0.458. The molecule has 16 heavy (non-hydrogen) atoms. The summed E-state index contributed by atoms with van der Waals surface area (Å²) in [4.78, 5) is 24.1. The van der Waals surface area contributed by atoms with Gasteiger partial charge in [-0.05, 0) is 5.92 Å². The molecular weight excluding hydrogens is 214 g/mol. The molecule has 2 aliphatic rings. The van der Waals surface area contributed by atoms with E-state index in [9.17, 15) is 14.7 Å². The molecule has 0 radical (unpaired) electrons. The number of likely N-dealkylation sites (tertiary alicyclic amines) is 1. The second kappa shape index (κ2) is 4.29. The van der Waals surface area contributed by atoms with E-state index in [0.29, 0.717) is 13.0 Å². The van der Waals surface area contributed by atoms with Crippen LogP contribution in [0.2, 0.25) is 0 Å². The first-order valence-electron chi connectivity index (χ1n) is 5.28. The molecule has 2 aliphatic heterocycles. The number of aliphatic hydroxyl groups is 1. The summed E-state index contributed by atoms with van der Waals surface area (Å²) in [5.74, 6) is -0.121. The van der Waals surface area contributed by atoms with Crippen LogP contribution in [0, 0.1) is 11.8 Å². The number of aliphatic hydroxyl groups excluding tert-OH is 1. The summed E-state index contributed by atoms with van der Waals surface area (Å²) in [6.07, 6.45) is -0.143. The Morgan fingerprint density at radius 1 is 1.69 bits per heavy atom. The summed E-state index contributed by atoms with van der Waals surface area (Å²) in [5.41, 5.74) is 0. The molecular formula is C10H15NO5. The lowest BCUT2D eigenvalue weighted by Gasteiger charge is -2.27. The number of methoxy groups -OCH3 is 1. The molecule has 0 aromatic heterocycles. The molecule has 1 N–H and O–H groups in total. The van der Waals surface area contributed by atoms with E-state index in [1.54, 1.807) is 0 Å². The van der Waals surface area contributed by atoms with Crippen molar-refractivity contribution in [3.05, 3.63) is 0 Å². The normalized spacial score (nSPS) is 33.2. The predicted molar refractivity (Wildman–Crippen MR) is 52.5 cm³/mol. The van der Waals surface area contributed by atoms with Crippen molar-refractivity contribution < 1.29 is 24.2 Å². The first-order valence-corrected chi connectivity index (χ1v) is 5.28. The predicted octanol–water partition coefficient (Wildman–Crippen LogP) is -0.391. The Kier molecular flexibility index (Phi) is 3.00. The molecule has 3 unspecified atom stereocenters. The molecule has 2 saturated heterocycles. The molecule has 3 atom stereocenters. The van der Waals surface area contributed by atoms with Gasteiger partial charge in [0.2, 0.25) is 0 Å². The van der Waals surface area contributed by atoms with Crippen LogP contribution in [-0.2, 0) is 14.3 Å². The zero-order valence-corrected chi connectivity index (χ0v) is 9.09. The largest absolute Gasteiger partial charge is 0.465 e.